The molecule has 3 aliphatic rings. The first kappa shape index (κ1) is 44.7. The second-order valence-electron chi connectivity index (χ2n) is 15.2. The zero-order valence-corrected chi connectivity index (χ0v) is 34.7. The van der Waals surface area contributed by atoms with Crippen LogP contribution in [0.25, 0.3) is 0 Å². The van der Waals surface area contributed by atoms with Crippen LogP contribution in [-0.4, -0.2) is 111 Å². The number of esters is 3. The average Bonchev–Trinajstić information content (AvgIpc) is 3.34. The molecule has 3 heterocycles. The summed E-state index contributed by atoms with van der Waals surface area (Å²) in [6.07, 6.45) is -14.4. The van der Waals surface area contributed by atoms with Crippen molar-refractivity contribution in [1.29, 1.82) is 0 Å². The minimum atomic E-state index is -1.58. The molecule has 3 N–H and O–H groups in total. The van der Waals surface area contributed by atoms with Gasteiger partial charge in [-0.15, -0.1) is 0 Å². The number of hydrogen-bond acceptors (Lipinski definition) is 15. The zero-order chi connectivity index (χ0) is 44.3. The Labute approximate surface area is 369 Å². The Bertz CT molecular complexity index is 2240. The number of fused-ring (bicyclic) bond motifs is 1. The fourth-order valence-corrected chi connectivity index (χ4v) is 7.66. The summed E-state index contributed by atoms with van der Waals surface area (Å²) in [6, 6.07) is 43.3. The van der Waals surface area contributed by atoms with Crippen LogP contribution < -0.4 is 5.73 Å². The number of hydrogen-bond donors (Lipinski definition) is 2. The first-order chi connectivity index (χ1) is 31.4. The third-order valence-electron chi connectivity index (χ3n) is 10.8. The molecular formula is C49H49NO14. The zero-order valence-electron chi connectivity index (χ0n) is 34.7. The SMILES string of the molecule is NCCOC1OC(COCc2ccccc2)C(OC2OC3COC(c4ccccc4)OC3C(O)C2OC(=O)c2ccccc2)C(OC(=O)c2ccccc2)C1OC(=O)c1ccccc1. The molecule has 3 fully saturated rings. The Morgan fingerprint density at radius 1 is 0.594 bits per heavy atom. The Balaban J connectivity index is 1.17. The van der Waals surface area contributed by atoms with Gasteiger partial charge in [-0.2, -0.15) is 0 Å². The lowest BCUT2D eigenvalue weighted by molar-refractivity contribution is -0.384. The first-order valence-corrected chi connectivity index (χ1v) is 21.0. The molecule has 0 saturated carbocycles. The molecule has 334 valence electrons. The molecule has 11 atom stereocenters. The van der Waals surface area contributed by atoms with Crippen molar-refractivity contribution < 1.29 is 66.9 Å². The van der Waals surface area contributed by atoms with Gasteiger partial charge in [0.15, 0.2) is 37.2 Å². The highest BCUT2D eigenvalue weighted by atomic mass is 16.8. The standard InChI is InChI=1S/C49H49NO14/c50-26-27-56-48-43(62-46(54)34-22-12-4-13-23-34)42(61-45(53)33-20-10-3-11-21-33)40(36(58-48)29-55-28-31-16-6-1-7-17-31)64-49-41(60-44(52)32-18-8-2-9-19-32)38(51)39-37(59-49)30-57-47(63-39)35-24-14-5-15-25-35/h1-25,36-43,47-49,51H,26-30,50H2. The predicted octanol–water partition coefficient (Wildman–Crippen LogP) is 5.17. The molecule has 0 amide bonds. The molecule has 11 unspecified atom stereocenters. The number of aliphatic hydroxyl groups is 1. The number of nitrogens with two attached hydrogens (primary N) is 1. The monoisotopic (exact) mass is 875 g/mol. The van der Waals surface area contributed by atoms with Crippen LogP contribution >= 0.6 is 0 Å². The lowest BCUT2D eigenvalue weighted by Gasteiger charge is -2.50. The van der Waals surface area contributed by atoms with E-state index in [0.717, 1.165) is 5.56 Å². The summed E-state index contributed by atoms with van der Waals surface area (Å²) in [6.45, 7) is -0.0386. The van der Waals surface area contributed by atoms with E-state index in [0.29, 0.717) is 5.56 Å². The number of rotatable bonds is 16. The predicted molar refractivity (Wildman–Crippen MR) is 226 cm³/mol. The molecular weight excluding hydrogens is 827 g/mol. The van der Waals surface area contributed by atoms with Gasteiger partial charge in [-0.25, -0.2) is 14.4 Å². The van der Waals surface area contributed by atoms with Gasteiger partial charge >= 0.3 is 17.9 Å². The Morgan fingerprint density at radius 2 is 1.11 bits per heavy atom. The molecule has 8 rings (SSSR count). The van der Waals surface area contributed by atoms with Crippen LogP contribution in [0, 0.1) is 0 Å². The molecule has 64 heavy (non-hydrogen) atoms. The molecule has 15 nitrogen and oxygen atoms in total. The van der Waals surface area contributed by atoms with Gasteiger partial charge < -0.3 is 58.2 Å². The van der Waals surface area contributed by atoms with Crippen LogP contribution in [0.2, 0.25) is 0 Å². The number of carbonyl (C=O) groups is 3. The molecule has 3 aliphatic heterocycles. The highest BCUT2D eigenvalue weighted by Crippen LogP contribution is 2.38. The molecule has 0 aromatic heterocycles. The van der Waals surface area contributed by atoms with Crippen molar-refractivity contribution in [2.24, 2.45) is 5.73 Å². The fraction of sp³-hybridized carbons (Fsp3) is 0.327. The lowest BCUT2D eigenvalue weighted by atomic mass is 9.95. The largest absolute Gasteiger partial charge is 0.452 e. The Kier molecular flexibility index (Phi) is 15.2. The second-order valence-corrected chi connectivity index (χ2v) is 15.2. The number of carbonyl (C=O) groups excluding carboxylic acids is 3. The van der Waals surface area contributed by atoms with E-state index in [2.05, 4.69) is 0 Å². The van der Waals surface area contributed by atoms with E-state index in [1.807, 2.05) is 60.7 Å². The van der Waals surface area contributed by atoms with Crippen molar-refractivity contribution in [3.63, 3.8) is 0 Å². The summed E-state index contributed by atoms with van der Waals surface area (Å²) in [5, 5.41) is 12.2. The average molecular weight is 876 g/mol. The topological polar surface area (TPSA) is 190 Å². The maximum atomic E-state index is 14.1. The van der Waals surface area contributed by atoms with E-state index in [4.69, 9.17) is 53.1 Å². The van der Waals surface area contributed by atoms with Gasteiger partial charge in [-0.1, -0.05) is 115 Å². The molecule has 5 aromatic carbocycles. The van der Waals surface area contributed by atoms with E-state index in [-0.39, 0.29) is 49.7 Å². The van der Waals surface area contributed by atoms with Crippen molar-refractivity contribution in [1.82, 2.24) is 0 Å². The van der Waals surface area contributed by atoms with Crippen LogP contribution in [0.15, 0.2) is 152 Å². The van der Waals surface area contributed by atoms with Crippen LogP contribution in [0.5, 0.6) is 0 Å². The van der Waals surface area contributed by atoms with Crippen LogP contribution in [-0.2, 0) is 54.0 Å². The van der Waals surface area contributed by atoms with E-state index in [1.54, 1.807) is 91.0 Å². The molecule has 0 aliphatic carbocycles. The molecule has 0 spiro atoms. The third kappa shape index (κ3) is 10.9. The quantitative estimate of drug-likeness (QED) is 0.0976. The van der Waals surface area contributed by atoms with Gasteiger partial charge in [0.2, 0.25) is 0 Å². The first-order valence-electron chi connectivity index (χ1n) is 21.0. The van der Waals surface area contributed by atoms with E-state index >= 15 is 0 Å². The van der Waals surface area contributed by atoms with Gasteiger partial charge in [-0.05, 0) is 42.0 Å². The fourth-order valence-electron chi connectivity index (χ4n) is 7.66. The van der Waals surface area contributed by atoms with Crippen molar-refractivity contribution >= 4 is 17.9 Å². The molecule has 15 heteroatoms. The summed E-state index contributed by atoms with van der Waals surface area (Å²) >= 11 is 0. The number of benzene rings is 5. The Hall–Kier alpha value is -5.85. The third-order valence-corrected chi connectivity index (χ3v) is 10.8. The minimum absolute atomic E-state index is 0.0327. The van der Waals surface area contributed by atoms with Crippen LogP contribution in [0.4, 0.5) is 0 Å². The summed E-state index contributed by atoms with van der Waals surface area (Å²) < 4.78 is 63.1. The summed E-state index contributed by atoms with van der Waals surface area (Å²) in [7, 11) is 0. The van der Waals surface area contributed by atoms with E-state index in [9.17, 15) is 19.5 Å². The van der Waals surface area contributed by atoms with Gasteiger partial charge in [0.1, 0.15) is 30.5 Å². The van der Waals surface area contributed by atoms with Gasteiger partial charge in [0.05, 0.1) is 43.1 Å². The van der Waals surface area contributed by atoms with Crippen LogP contribution in [0.1, 0.15) is 48.5 Å². The number of aliphatic hydroxyl groups excluding tert-OH is 1. The van der Waals surface area contributed by atoms with Crippen LogP contribution in [0.3, 0.4) is 0 Å². The maximum absolute atomic E-state index is 14.1. The molecule has 3 saturated heterocycles. The summed E-state index contributed by atoms with van der Waals surface area (Å²) in [5.41, 5.74) is 8.02. The normalized spacial score (nSPS) is 27.7. The molecule has 5 aromatic rings. The van der Waals surface area contributed by atoms with E-state index in [1.165, 1.54) is 0 Å². The summed E-state index contributed by atoms with van der Waals surface area (Å²) in [4.78, 5) is 41.8. The molecule has 0 radical (unpaired) electrons. The van der Waals surface area contributed by atoms with Crippen molar-refractivity contribution in [3.05, 3.63) is 179 Å². The molecule has 0 bridgehead atoms. The highest BCUT2D eigenvalue weighted by molar-refractivity contribution is 5.90. The van der Waals surface area contributed by atoms with Crippen molar-refractivity contribution in [2.45, 2.75) is 74.3 Å². The van der Waals surface area contributed by atoms with Gasteiger partial charge in [-0.3, -0.25) is 0 Å². The van der Waals surface area contributed by atoms with Crippen molar-refractivity contribution in [2.75, 3.05) is 26.4 Å². The Morgan fingerprint density at radius 3 is 1.67 bits per heavy atom. The highest BCUT2D eigenvalue weighted by Gasteiger charge is 2.57. The lowest BCUT2D eigenvalue weighted by Crippen LogP contribution is -2.67. The van der Waals surface area contributed by atoms with Gasteiger partial charge in [0, 0.05) is 12.1 Å². The van der Waals surface area contributed by atoms with Gasteiger partial charge in [0.25, 0.3) is 0 Å². The second kappa shape index (κ2) is 21.7. The summed E-state index contributed by atoms with van der Waals surface area (Å²) in [5.74, 6) is -2.35. The maximum Gasteiger partial charge on any atom is 0.338 e. The minimum Gasteiger partial charge on any atom is -0.452 e. The van der Waals surface area contributed by atoms with Crippen molar-refractivity contribution in [3.8, 4) is 0 Å². The number of ether oxygens (including phenoxy) is 10. The smallest absolute Gasteiger partial charge is 0.338 e. The van der Waals surface area contributed by atoms with E-state index < -0.39 is 85.6 Å².